The highest BCUT2D eigenvalue weighted by Crippen LogP contribution is 2.28. The highest BCUT2D eigenvalue weighted by molar-refractivity contribution is 7.80. The van der Waals surface area contributed by atoms with Crippen LogP contribution in [0.3, 0.4) is 0 Å². The van der Waals surface area contributed by atoms with Gasteiger partial charge in [0.25, 0.3) is 5.91 Å². The van der Waals surface area contributed by atoms with Crippen LogP contribution < -0.4 is 19.7 Å². The SMILES string of the molecule is COc1ccc(/C=C2/NC(=S)N(c3ccccc3C)C2=O)cc1COc1ccccc1C. The van der Waals surface area contributed by atoms with E-state index < -0.39 is 0 Å². The standard InChI is InChI=1S/C26H24N2O3S/c1-17-8-4-6-10-22(17)28-25(29)21(27-26(28)32)15-19-12-13-24(30-3)20(14-19)16-31-23-11-7-5-9-18(23)2/h4-15H,16H2,1-3H3,(H,27,32)/b21-15+. The molecule has 0 aliphatic carbocycles. The Labute approximate surface area is 193 Å². The number of rotatable bonds is 6. The van der Waals surface area contributed by atoms with Crippen molar-refractivity contribution in [3.8, 4) is 11.5 Å². The third-order valence-corrected chi connectivity index (χ3v) is 5.61. The van der Waals surface area contributed by atoms with Gasteiger partial charge in [0.05, 0.1) is 12.8 Å². The van der Waals surface area contributed by atoms with Gasteiger partial charge in [0, 0.05) is 5.56 Å². The summed E-state index contributed by atoms with van der Waals surface area (Å²) < 4.78 is 11.5. The lowest BCUT2D eigenvalue weighted by molar-refractivity contribution is -0.113. The Bertz CT molecular complexity index is 1220. The largest absolute Gasteiger partial charge is 0.496 e. The third-order valence-electron chi connectivity index (χ3n) is 5.33. The summed E-state index contributed by atoms with van der Waals surface area (Å²) in [4.78, 5) is 14.6. The van der Waals surface area contributed by atoms with Gasteiger partial charge in [0.15, 0.2) is 5.11 Å². The van der Waals surface area contributed by atoms with E-state index in [0.29, 0.717) is 17.4 Å². The predicted molar refractivity (Wildman–Crippen MR) is 131 cm³/mol. The van der Waals surface area contributed by atoms with Crippen molar-refractivity contribution >= 4 is 35.0 Å². The van der Waals surface area contributed by atoms with Crippen LogP contribution in [0, 0.1) is 13.8 Å². The number of ether oxygens (including phenoxy) is 2. The molecule has 1 aliphatic heterocycles. The van der Waals surface area contributed by atoms with Crippen LogP contribution in [-0.4, -0.2) is 18.1 Å². The van der Waals surface area contributed by atoms with E-state index in [4.69, 9.17) is 21.7 Å². The number of nitrogens with zero attached hydrogens (tertiary/aromatic N) is 1. The Hall–Kier alpha value is -3.64. The molecule has 162 valence electrons. The molecule has 1 aliphatic rings. The predicted octanol–water partition coefficient (Wildman–Crippen LogP) is 5.15. The van der Waals surface area contributed by atoms with Gasteiger partial charge < -0.3 is 14.8 Å². The molecule has 0 atom stereocenters. The normalized spacial score (nSPS) is 14.6. The molecule has 3 aromatic carbocycles. The number of para-hydroxylation sites is 2. The minimum Gasteiger partial charge on any atom is -0.496 e. The van der Waals surface area contributed by atoms with Crippen molar-refractivity contribution in [1.82, 2.24) is 5.32 Å². The molecule has 0 spiro atoms. The number of hydrogen-bond acceptors (Lipinski definition) is 4. The third kappa shape index (κ3) is 4.36. The summed E-state index contributed by atoms with van der Waals surface area (Å²) in [6, 6.07) is 21.3. The molecule has 3 aromatic rings. The number of aryl methyl sites for hydroxylation is 2. The molecule has 32 heavy (non-hydrogen) atoms. The first kappa shape index (κ1) is 21.6. The molecule has 1 amide bonds. The zero-order valence-electron chi connectivity index (χ0n) is 18.2. The fourth-order valence-corrected chi connectivity index (χ4v) is 3.90. The second kappa shape index (κ2) is 9.24. The first-order valence-electron chi connectivity index (χ1n) is 10.3. The second-order valence-corrected chi connectivity index (χ2v) is 7.93. The van der Waals surface area contributed by atoms with E-state index in [0.717, 1.165) is 39.4 Å². The average Bonchev–Trinajstić information content (AvgIpc) is 3.06. The first-order valence-corrected chi connectivity index (χ1v) is 10.7. The van der Waals surface area contributed by atoms with Gasteiger partial charge in [-0.2, -0.15) is 0 Å². The number of nitrogens with one attached hydrogen (secondary N) is 1. The van der Waals surface area contributed by atoms with Crippen molar-refractivity contribution in [1.29, 1.82) is 0 Å². The van der Waals surface area contributed by atoms with Gasteiger partial charge in [0.2, 0.25) is 0 Å². The molecule has 1 heterocycles. The van der Waals surface area contributed by atoms with Crippen LogP contribution in [0.15, 0.2) is 72.4 Å². The van der Waals surface area contributed by atoms with Gasteiger partial charge in [-0.05, 0) is 73.1 Å². The van der Waals surface area contributed by atoms with Gasteiger partial charge in [-0.15, -0.1) is 0 Å². The maximum Gasteiger partial charge on any atom is 0.281 e. The van der Waals surface area contributed by atoms with Gasteiger partial charge in [-0.1, -0.05) is 42.5 Å². The summed E-state index contributed by atoms with van der Waals surface area (Å²) in [5.41, 5.74) is 4.98. The quantitative estimate of drug-likeness (QED) is 0.421. The van der Waals surface area contributed by atoms with Crippen LogP contribution in [0.1, 0.15) is 22.3 Å². The van der Waals surface area contributed by atoms with Gasteiger partial charge in [-0.25, -0.2) is 0 Å². The maximum absolute atomic E-state index is 13.1. The fraction of sp³-hybridized carbons (Fsp3) is 0.154. The molecule has 1 N–H and O–H groups in total. The molecule has 4 rings (SSSR count). The van der Waals surface area contributed by atoms with E-state index >= 15 is 0 Å². The first-order chi connectivity index (χ1) is 15.5. The lowest BCUT2D eigenvalue weighted by Gasteiger charge is -2.16. The molecular weight excluding hydrogens is 420 g/mol. The lowest BCUT2D eigenvalue weighted by Crippen LogP contribution is -2.30. The zero-order chi connectivity index (χ0) is 22.7. The summed E-state index contributed by atoms with van der Waals surface area (Å²) in [7, 11) is 1.63. The smallest absolute Gasteiger partial charge is 0.281 e. The summed E-state index contributed by atoms with van der Waals surface area (Å²) >= 11 is 5.44. The van der Waals surface area contributed by atoms with Crippen molar-refractivity contribution in [2.75, 3.05) is 12.0 Å². The number of thiocarbonyl (C=S) groups is 1. The van der Waals surface area contributed by atoms with Crippen LogP contribution in [0.4, 0.5) is 5.69 Å². The van der Waals surface area contributed by atoms with Crippen molar-refractivity contribution in [2.45, 2.75) is 20.5 Å². The maximum atomic E-state index is 13.1. The van der Waals surface area contributed by atoms with E-state index in [1.807, 2.05) is 80.6 Å². The highest BCUT2D eigenvalue weighted by atomic mass is 32.1. The van der Waals surface area contributed by atoms with Gasteiger partial charge in [-0.3, -0.25) is 9.69 Å². The number of carbonyl (C=O) groups excluding carboxylic acids is 1. The van der Waals surface area contributed by atoms with Crippen LogP contribution in [0.5, 0.6) is 11.5 Å². The summed E-state index contributed by atoms with van der Waals surface area (Å²) in [6.45, 7) is 4.31. The van der Waals surface area contributed by atoms with Crippen molar-refractivity contribution in [3.05, 3.63) is 94.7 Å². The molecule has 1 fully saturated rings. The Balaban J connectivity index is 1.59. The minimum absolute atomic E-state index is 0.183. The molecule has 0 aromatic heterocycles. The molecule has 1 saturated heterocycles. The molecule has 0 saturated carbocycles. The van der Waals surface area contributed by atoms with Gasteiger partial charge in [0.1, 0.15) is 23.8 Å². The zero-order valence-corrected chi connectivity index (χ0v) is 19.0. The fourth-order valence-electron chi connectivity index (χ4n) is 3.61. The van der Waals surface area contributed by atoms with Crippen LogP contribution in [0.2, 0.25) is 0 Å². The Morgan fingerprint density at radius 3 is 2.41 bits per heavy atom. The monoisotopic (exact) mass is 444 g/mol. The summed E-state index contributed by atoms with van der Waals surface area (Å²) in [5.74, 6) is 1.37. The van der Waals surface area contributed by atoms with Crippen LogP contribution in [-0.2, 0) is 11.4 Å². The van der Waals surface area contributed by atoms with E-state index in [-0.39, 0.29) is 5.91 Å². The number of methoxy groups -OCH3 is 1. The molecule has 0 unspecified atom stereocenters. The second-order valence-electron chi connectivity index (χ2n) is 7.54. The summed E-state index contributed by atoms with van der Waals surface area (Å²) in [5, 5.41) is 3.42. The number of carbonyl (C=O) groups is 1. The van der Waals surface area contributed by atoms with E-state index in [1.165, 1.54) is 4.90 Å². The molecule has 0 bridgehead atoms. The lowest BCUT2D eigenvalue weighted by atomic mass is 10.1. The van der Waals surface area contributed by atoms with E-state index in [1.54, 1.807) is 13.2 Å². The molecular formula is C26H24N2O3S. The Morgan fingerprint density at radius 2 is 1.69 bits per heavy atom. The molecule has 5 nitrogen and oxygen atoms in total. The topological polar surface area (TPSA) is 50.8 Å². The highest BCUT2D eigenvalue weighted by Gasteiger charge is 2.32. The van der Waals surface area contributed by atoms with E-state index in [9.17, 15) is 4.79 Å². The van der Waals surface area contributed by atoms with Crippen molar-refractivity contribution < 1.29 is 14.3 Å². The molecule has 0 radical (unpaired) electrons. The number of hydrogen-bond donors (Lipinski definition) is 1. The molecule has 6 heteroatoms. The van der Waals surface area contributed by atoms with Crippen molar-refractivity contribution in [3.63, 3.8) is 0 Å². The summed E-state index contributed by atoms with van der Waals surface area (Å²) in [6.07, 6.45) is 1.80. The van der Waals surface area contributed by atoms with Crippen molar-refractivity contribution in [2.24, 2.45) is 0 Å². The number of benzene rings is 3. The van der Waals surface area contributed by atoms with Crippen LogP contribution in [0.25, 0.3) is 6.08 Å². The van der Waals surface area contributed by atoms with E-state index in [2.05, 4.69) is 5.32 Å². The number of anilines is 1. The average molecular weight is 445 g/mol. The minimum atomic E-state index is -0.183. The van der Waals surface area contributed by atoms with Gasteiger partial charge >= 0.3 is 0 Å². The Morgan fingerprint density at radius 1 is 0.969 bits per heavy atom. The number of amides is 1. The Kier molecular flexibility index (Phi) is 6.23. The van der Waals surface area contributed by atoms with Crippen LogP contribution >= 0.6 is 12.2 Å².